The minimum atomic E-state index is 0.148. The van der Waals surface area contributed by atoms with Crippen LogP contribution in [0.5, 0.6) is 0 Å². The number of nitrogens with one attached hydrogen (secondary N) is 1. The maximum absolute atomic E-state index is 4.29. The van der Waals surface area contributed by atoms with Crippen molar-refractivity contribution in [3.8, 4) is 0 Å². The molecule has 2 aromatic rings. The van der Waals surface area contributed by atoms with Crippen molar-refractivity contribution in [2.75, 3.05) is 7.05 Å². The summed E-state index contributed by atoms with van der Waals surface area (Å²) in [6.45, 7) is 0. The minimum absolute atomic E-state index is 0.148. The lowest BCUT2D eigenvalue weighted by Crippen LogP contribution is -2.17. The third-order valence-electron chi connectivity index (χ3n) is 2.08. The molecule has 0 saturated heterocycles. The van der Waals surface area contributed by atoms with Gasteiger partial charge in [-0.1, -0.05) is 0 Å². The van der Waals surface area contributed by atoms with Crippen LogP contribution in [-0.4, -0.2) is 22.0 Å². The van der Waals surface area contributed by atoms with E-state index in [1.165, 1.54) is 5.56 Å². The van der Waals surface area contributed by atoms with Crippen LogP contribution in [0.15, 0.2) is 23.0 Å². The van der Waals surface area contributed by atoms with E-state index in [-0.39, 0.29) is 6.04 Å². The molecule has 2 aromatic heterocycles. The van der Waals surface area contributed by atoms with Gasteiger partial charge in [-0.2, -0.15) is 26.3 Å². The largest absolute Gasteiger partial charge is 0.308 e. The molecular weight excluding hydrogens is 196 g/mol. The Bertz CT molecular complexity index is 393. The summed E-state index contributed by atoms with van der Waals surface area (Å²) in [6.07, 6.45) is 1.79. The van der Waals surface area contributed by atoms with E-state index in [2.05, 4.69) is 32.3 Å². The van der Waals surface area contributed by atoms with Gasteiger partial charge < -0.3 is 5.32 Å². The molecule has 1 atom stereocenters. The third-order valence-corrected chi connectivity index (χ3v) is 2.78. The molecule has 0 saturated carbocycles. The number of hydrogen-bond acceptors (Lipinski definition) is 4. The summed E-state index contributed by atoms with van der Waals surface area (Å²) in [4.78, 5) is 1.58. The summed E-state index contributed by atoms with van der Waals surface area (Å²) >= 11 is 1.69. The third kappa shape index (κ3) is 1.69. The summed E-state index contributed by atoms with van der Waals surface area (Å²) < 4.78 is 0. The first-order valence-corrected chi connectivity index (χ1v) is 5.31. The quantitative estimate of drug-likeness (QED) is 0.823. The van der Waals surface area contributed by atoms with Gasteiger partial charge in [-0.15, -0.1) is 0 Å². The minimum Gasteiger partial charge on any atom is -0.308 e. The SMILES string of the molecule is CNC(c1ccsc1)c1cnn(C)n1. The van der Waals surface area contributed by atoms with Crippen molar-refractivity contribution in [1.29, 1.82) is 0 Å². The summed E-state index contributed by atoms with van der Waals surface area (Å²) in [7, 11) is 3.75. The van der Waals surface area contributed by atoms with Crippen molar-refractivity contribution < 1.29 is 0 Å². The molecule has 0 aliphatic carbocycles. The van der Waals surface area contributed by atoms with Crippen LogP contribution in [0.2, 0.25) is 0 Å². The van der Waals surface area contributed by atoms with Crippen LogP contribution in [0, 0.1) is 0 Å². The molecule has 0 radical (unpaired) electrons. The first-order valence-electron chi connectivity index (χ1n) is 4.37. The Hall–Kier alpha value is -1.20. The second-order valence-electron chi connectivity index (χ2n) is 3.04. The predicted octanol–water partition coefficient (Wildman–Crippen LogP) is 1.19. The summed E-state index contributed by atoms with van der Waals surface area (Å²) in [6, 6.07) is 2.25. The lowest BCUT2D eigenvalue weighted by atomic mass is 10.1. The van der Waals surface area contributed by atoms with Crippen molar-refractivity contribution >= 4 is 11.3 Å². The molecule has 14 heavy (non-hydrogen) atoms. The second-order valence-corrected chi connectivity index (χ2v) is 3.82. The average molecular weight is 208 g/mol. The molecule has 1 N–H and O–H groups in total. The van der Waals surface area contributed by atoms with Crippen LogP contribution in [0.3, 0.4) is 0 Å². The molecule has 0 fully saturated rings. The molecule has 2 heterocycles. The molecule has 0 aliphatic heterocycles. The Balaban J connectivity index is 2.31. The van der Waals surface area contributed by atoms with Crippen LogP contribution >= 0.6 is 11.3 Å². The van der Waals surface area contributed by atoms with Gasteiger partial charge in [0, 0.05) is 7.05 Å². The van der Waals surface area contributed by atoms with Crippen molar-refractivity contribution in [2.45, 2.75) is 6.04 Å². The highest BCUT2D eigenvalue weighted by atomic mass is 32.1. The maximum Gasteiger partial charge on any atom is 0.104 e. The van der Waals surface area contributed by atoms with Gasteiger partial charge in [0.05, 0.1) is 12.2 Å². The summed E-state index contributed by atoms with van der Waals surface area (Å²) in [5, 5.41) is 15.8. The zero-order chi connectivity index (χ0) is 9.97. The van der Waals surface area contributed by atoms with Gasteiger partial charge in [0.25, 0.3) is 0 Å². The average Bonchev–Trinajstić information content (AvgIpc) is 2.79. The number of hydrogen-bond donors (Lipinski definition) is 1. The summed E-state index contributed by atoms with van der Waals surface area (Å²) in [5.41, 5.74) is 2.19. The van der Waals surface area contributed by atoms with E-state index < -0.39 is 0 Å². The first-order chi connectivity index (χ1) is 6.81. The Labute approximate surface area is 86.6 Å². The molecule has 2 rings (SSSR count). The fourth-order valence-corrected chi connectivity index (χ4v) is 2.10. The van der Waals surface area contributed by atoms with Gasteiger partial charge in [0.15, 0.2) is 0 Å². The molecule has 0 amide bonds. The lowest BCUT2D eigenvalue weighted by Gasteiger charge is -2.10. The Morgan fingerprint density at radius 3 is 2.93 bits per heavy atom. The van der Waals surface area contributed by atoms with E-state index in [0.717, 1.165) is 5.69 Å². The van der Waals surface area contributed by atoms with E-state index in [9.17, 15) is 0 Å². The van der Waals surface area contributed by atoms with Gasteiger partial charge in [-0.05, 0) is 29.4 Å². The molecule has 5 heteroatoms. The zero-order valence-electron chi connectivity index (χ0n) is 8.14. The molecular formula is C9H12N4S. The van der Waals surface area contributed by atoms with Crippen molar-refractivity contribution in [1.82, 2.24) is 20.3 Å². The highest BCUT2D eigenvalue weighted by Crippen LogP contribution is 2.21. The van der Waals surface area contributed by atoms with E-state index in [0.29, 0.717) is 0 Å². The van der Waals surface area contributed by atoms with Crippen molar-refractivity contribution in [3.05, 3.63) is 34.3 Å². The molecule has 1 unspecified atom stereocenters. The lowest BCUT2D eigenvalue weighted by molar-refractivity contribution is 0.613. The van der Waals surface area contributed by atoms with Crippen LogP contribution in [0.4, 0.5) is 0 Å². The molecule has 4 nitrogen and oxygen atoms in total. The Kier molecular flexibility index (Phi) is 2.60. The van der Waals surface area contributed by atoms with Crippen LogP contribution < -0.4 is 5.32 Å². The number of aryl methyl sites for hydroxylation is 1. The fourth-order valence-electron chi connectivity index (χ4n) is 1.42. The maximum atomic E-state index is 4.29. The number of rotatable bonds is 3. The number of nitrogens with zero attached hydrogens (tertiary/aromatic N) is 3. The molecule has 74 valence electrons. The van der Waals surface area contributed by atoms with Crippen LogP contribution in [-0.2, 0) is 7.05 Å². The normalized spacial score (nSPS) is 13.0. The molecule has 0 bridgehead atoms. The van der Waals surface area contributed by atoms with E-state index in [1.54, 1.807) is 22.3 Å². The Morgan fingerprint density at radius 2 is 2.43 bits per heavy atom. The molecule has 0 aromatic carbocycles. The van der Waals surface area contributed by atoms with Crippen molar-refractivity contribution in [3.63, 3.8) is 0 Å². The monoisotopic (exact) mass is 208 g/mol. The first kappa shape index (κ1) is 9.36. The molecule has 0 spiro atoms. The van der Waals surface area contributed by atoms with E-state index in [4.69, 9.17) is 0 Å². The number of aromatic nitrogens is 3. The van der Waals surface area contributed by atoms with Crippen molar-refractivity contribution in [2.24, 2.45) is 7.05 Å². The Morgan fingerprint density at radius 1 is 1.57 bits per heavy atom. The fraction of sp³-hybridized carbons (Fsp3) is 0.333. The van der Waals surface area contributed by atoms with Gasteiger partial charge in [0.1, 0.15) is 5.69 Å². The van der Waals surface area contributed by atoms with E-state index >= 15 is 0 Å². The van der Waals surface area contributed by atoms with Crippen LogP contribution in [0.25, 0.3) is 0 Å². The topological polar surface area (TPSA) is 42.7 Å². The van der Waals surface area contributed by atoms with Gasteiger partial charge in [-0.3, -0.25) is 0 Å². The smallest absolute Gasteiger partial charge is 0.104 e. The molecule has 0 aliphatic rings. The van der Waals surface area contributed by atoms with Gasteiger partial charge in [0.2, 0.25) is 0 Å². The number of thiophene rings is 1. The second kappa shape index (κ2) is 3.89. The van der Waals surface area contributed by atoms with Gasteiger partial charge in [-0.25, -0.2) is 0 Å². The highest BCUT2D eigenvalue weighted by molar-refractivity contribution is 7.08. The predicted molar refractivity (Wildman–Crippen MR) is 56.2 cm³/mol. The van der Waals surface area contributed by atoms with Crippen LogP contribution in [0.1, 0.15) is 17.3 Å². The van der Waals surface area contributed by atoms with Gasteiger partial charge >= 0.3 is 0 Å². The van der Waals surface area contributed by atoms with E-state index in [1.807, 2.05) is 14.1 Å². The summed E-state index contributed by atoms with van der Waals surface area (Å²) in [5.74, 6) is 0. The standard InChI is InChI=1S/C9H12N4S/c1-10-9(7-3-4-14-6-7)8-5-11-13(2)12-8/h3-6,9-10H,1-2H3. The zero-order valence-corrected chi connectivity index (χ0v) is 8.95. The highest BCUT2D eigenvalue weighted by Gasteiger charge is 2.15.